The number of carbonyl (C=O) groups excluding carboxylic acids is 3. The van der Waals surface area contributed by atoms with E-state index >= 15 is 0 Å². The summed E-state index contributed by atoms with van der Waals surface area (Å²) < 4.78 is 11.2. The van der Waals surface area contributed by atoms with E-state index in [2.05, 4.69) is 0 Å². The van der Waals surface area contributed by atoms with Gasteiger partial charge in [-0.15, -0.1) is 0 Å². The monoisotopic (exact) mass is 314 g/mol. The van der Waals surface area contributed by atoms with Crippen LogP contribution in [-0.4, -0.2) is 54.1 Å². The van der Waals surface area contributed by atoms with Crippen molar-refractivity contribution in [3.05, 3.63) is 0 Å². The van der Waals surface area contributed by atoms with E-state index in [9.17, 15) is 14.4 Å². The third kappa shape index (κ3) is 5.73. The second-order valence-electron chi connectivity index (χ2n) is 6.39. The minimum Gasteiger partial charge on any atom is -0.375 e. The number of nitrogens with zero attached hydrogens (tertiary/aromatic N) is 1. The first-order chi connectivity index (χ1) is 10.1. The number of imide groups is 1. The number of amides is 3. The molecule has 2 atom stereocenters. The molecule has 1 fully saturated rings. The normalized spacial score (nSPS) is 20.5. The second kappa shape index (κ2) is 7.69. The molecule has 0 spiro atoms. The summed E-state index contributed by atoms with van der Waals surface area (Å²) in [5, 5.41) is 0. The molecule has 2 unspecified atom stereocenters. The van der Waals surface area contributed by atoms with Crippen LogP contribution in [0, 0.1) is 5.92 Å². The highest BCUT2D eigenvalue weighted by Crippen LogP contribution is 2.19. The molecule has 22 heavy (non-hydrogen) atoms. The predicted molar refractivity (Wildman–Crippen MR) is 79.8 cm³/mol. The molecule has 7 heteroatoms. The Labute approximate surface area is 131 Å². The number of nitrogens with two attached hydrogens (primary N) is 1. The van der Waals surface area contributed by atoms with Crippen LogP contribution in [0.25, 0.3) is 0 Å². The zero-order chi connectivity index (χ0) is 16.9. The average molecular weight is 314 g/mol. The van der Waals surface area contributed by atoms with Gasteiger partial charge in [0, 0.05) is 12.3 Å². The van der Waals surface area contributed by atoms with E-state index in [1.807, 2.05) is 13.8 Å². The standard InChI is InChI=1S/C15H26N2O5/c1-10-7-13(19)17(14(10)20)5-6-22-15(3,4)9-21-11(2)8-12(16)18/h10-11H,5-9H2,1-4H3,(H2,16,18). The van der Waals surface area contributed by atoms with Gasteiger partial charge in [0.15, 0.2) is 0 Å². The summed E-state index contributed by atoms with van der Waals surface area (Å²) in [6.07, 6.45) is 0.156. The Hall–Kier alpha value is -1.47. The van der Waals surface area contributed by atoms with Crippen LogP contribution >= 0.6 is 0 Å². The highest BCUT2D eigenvalue weighted by atomic mass is 16.5. The minimum atomic E-state index is -0.580. The number of rotatable bonds is 9. The lowest BCUT2D eigenvalue weighted by Gasteiger charge is -2.27. The molecule has 2 N–H and O–H groups in total. The molecule has 0 bridgehead atoms. The number of ether oxygens (including phenoxy) is 2. The summed E-state index contributed by atoms with van der Waals surface area (Å²) in [7, 11) is 0. The maximum absolute atomic E-state index is 11.8. The SMILES string of the molecule is CC(CC(N)=O)OCC(C)(C)OCCN1C(=O)CC(C)C1=O. The zero-order valence-corrected chi connectivity index (χ0v) is 13.8. The molecule has 0 aromatic rings. The lowest BCUT2D eigenvalue weighted by molar-refractivity contribution is -0.142. The first-order valence-electron chi connectivity index (χ1n) is 7.50. The van der Waals surface area contributed by atoms with Crippen LogP contribution < -0.4 is 5.73 Å². The van der Waals surface area contributed by atoms with Crippen molar-refractivity contribution >= 4 is 17.7 Å². The number of primary amides is 1. The molecule has 1 rings (SSSR count). The number of hydrogen-bond acceptors (Lipinski definition) is 5. The molecule has 0 radical (unpaired) electrons. The van der Waals surface area contributed by atoms with Gasteiger partial charge in [-0.05, 0) is 20.8 Å². The van der Waals surface area contributed by atoms with Crippen molar-refractivity contribution in [2.24, 2.45) is 11.7 Å². The summed E-state index contributed by atoms with van der Waals surface area (Å²) in [5.41, 5.74) is 4.52. The Kier molecular flexibility index (Phi) is 6.49. The van der Waals surface area contributed by atoms with Crippen molar-refractivity contribution < 1.29 is 23.9 Å². The fraction of sp³-hybridized carbons (Fsp3) is 0.800. The molecule has 0 saturated carbocycles. The predicted octanol–water partition coefficient (Wildman–Crippen LogP) is 0.457. The van der Waals surface area contributed by atoms with Crippen LogP contribution in [0.15, 0.2) is 0 Å². The van der Waals surface area contributed by atoms with E-state index < -0.39 is 11.5 Å². The van der Waals surface area contributed by atoms with Gasteiger partial charge in [0.05, 0.1) is 37.9 Å². The van der Waals surface area contributed by atoms with Crippen LogP contribution in [0.1, 0.15) is 40.5 Å². The quantitative estimate of drug-likeness (QED) is 0.623. The van der Waals surface area contributed by atoms with Gasteiger partial charge >= 0.3 is 0 Å². The van der Waals surface area contributed by atoms with Gasteiger partial charge < -0.3 is 15.2 Å². The number of carbonyl (C=O) groups is 3. The topological polar surface area (TPSA) is 98.9 Å². The molecule has 126 valence electrons. The van der Waals surface area contributed by atoms with Crippen molar-refractivity contribution in [3.63, 3.8) is 0 Å². The van der Waals surface area contributed by atoms with Gasteiger partial charge in [-0.25, -0.2) is 0 Å². The molecule has 1 saturated heterocycles. The van der Waals surface area contributed by atoms with Gasteiger partial charge in [0.25, 0.3) is 0 Å². The molecule has 1 aliphatic rings. The fourth-order valence-corrected chi connectivity index (χ4v) is 2.22. The maximum atomic E-state index is 11.8. The summed E-state index contributed by atoms with van der Waals surface area (Å²) in [5.74, 6) is -0.937. The molecule has 0 aromatic heterocycles. The summed E-state index contributed by atoms with van der Waals surface area (Å²) >= 11 is 0. The van der Waals surface area contributed by atoms with E-state index in [-0.39, 0.29) is 49.8 Å². The lowest BCUT2D eigenvalue weighted by Crippen LogP contribution is -2.38. The van der Waals surface area contributed by atoms with E-state index in [1.54, 1.807) is 13.8 Å². The fourth-order valence-electron chi connectivity index (χ4n) is 2.22. The summed E-state index contributed by atoms with van der Waals surface area (Å²) in [4.78, 5) is 35.4. The Bertz CT molecular complexity index is 436. The first-order valence-corrected chi connectivity index (χ1v) is 7.50. The Balaban J connectivity index is 2.32. The van der Waals surface area contributed by atoms with Crippen LogP contribution in [0.3, 0.4) is 0 Å². The molecule has 0 aromatic carbocycles. The Morgan fingerprint density at radius 2 is 2.09 bits per heavy atom. The van der Waals surface area contributed by atoms with Gasteiger partial charge in [0.2, 0.25) is 17.7 Å². The molecule has 7 nitrogen and oxygen atoms in total. The van der Waals surface area contributed by atoms with Crippen molar-refractivity contribution in [2.45, 2.75) is 52.2 Å². The minimum absolute atomic E-state index is 0.141. The number of likely N-dealkylation sites (tertiary alicyclic amines) is 1. The lowest BCUT2D eigenvalue weighted by atomic mass is 10.1. The van der Waals surface area contributed by atoms with Crippen molar-refractivity contribution in [1.29, 1.82) is 0 Å². The van der Waals surface area contributed by atoms with Crippen molar-refractivity contribution in [2.75, 3.05) is 19.8 Å². The van der Waals surface area contributed by atoms with Gasteiger partial charge in [-0.2, -0.15) is 0 Å². The smallest absolute Gasteiger partial charge is 0.232 e. The van der Waals surface area contributed by atoms with E-state index in [0.29, 0.717) is 6.61 Å². The van der Waals surface area contributed by atoms with Crippen LogP contribution in [0.5, 0.6) is 0 Å². The van der Waals surface area contributed by atoms with Gasteiger partial charge in [-0.1, -0.05) is 6.92 Å². The second-order valence-corrected chi connectivity index (χ2v) is 6.39. The van der Waals surface area contributed by atoms with Crippen molar-refractivity contribution in [1.82, 2.24) is 4.90 Å². The third-order valence-corrected chi connectivity index (χ3v) is 3.48. The summed E-state index contributed by atoms with van der Waals surface area (Å²) in [6.45, 7) is 8.01. The van der Waals surface area contributed by atoms with Crippen LogP contribution in [0.2, 0.25) is 0 Å². The van der Waals surface area contributed by atoms with Gasteiger partial charge in [-0.3, -0.25) is 19.3 Å². The third-order valence-electron chi connectivity index (χ3n) is 3.48. The van der Waals surface area contributed by atoms with E-state index in [4.69, 9.17) is 15.2 Å². The van der Waals surface area contributed by atoms with E-state index in [0.717, 1.165) is 0 Å². The Morgan fingerprint density at radius 3 is 2.59 bits per heavy atom. The average Bonchev–Trinajstić information content (AvgIpc) is 2.62. The highest BCUT2D eigenvalue weighted by Gasteiger charge is 2.35. The first kappa shape index (κ1) is 18.6. The zero-order valence-electron chi connectivity index (χ0n) is 13.8. The van der Waals surface area contributed by atoms with Gasteiger partial charge in [0.1, 0.15) is 0 Å². The Morgan fingerprint density at radius 1 is 1.45 bits per heavy atom. The van der Waals surface area contributed by atoms with Crippen LogP contribution in [-0.2, 0) is 23.9 Å². The molecule has 0 aliphatic carbocycles. The molecular formula is C15H26N2O5. The summed E-state index contributed by atoms with van der Waals surface area (Å²) in [6, 6.07) is 0. The largest absolute Gasteiger partial charge is 0.375 e. The van der Waals surface area contributed by atoms with Crippen molar-refractivity contribution in [3.8, 4) is 0 Å². The number of hydrogen-bond donors (Lipinski definition) is 1. The highest BCUT2D eigenvalue weighted by molar-refractivity contribution is 6.03. The molecule has 1 heterocycles. The van der Waals surface area contributed by atoms with E-state index in [1.165, 1.54) is 4.90 Å². The molecule has 1 aliphatic heterocycles. The molecule has 3 amide bonds. The molecular weight excluding hydrogens is 288 g/mol. The maximum Gasteiger partial charge on any atom is 0.232 e. The van der Waals surface area contributed by atoms with Crippen LogP contribution in [0.4, 0.5) is 0 Å².